The second-order valence-electron chi connectivity index (χ2n) is 9.82. The van der Waals surface area contributed by atoms with Gasteiger partial charge in [0.05, 0.1) is 5.69 Å². The minimum Gasteiger partial charge on any atom is -0.282 e. The molecule has 0 unspecified atom stereocenters. The van der Waals surface area contributed by atoms with Gasteiger partial charge in [-0.3, -0.25) is 33.2 Å². The lowest BCUT2D eigenvalue weighted by molar-refractivity contribution is 0.0649. The SMILES string of the molecule is CC.CC.Cc1ccc(-c2ccc(N3C(=O)c4ccc5c6c(ccc(c46)C3=O)C(=O)N(C)C5=O)cc2S(=O)(=O)O)c(S(=O)(=O)O)c1. The molecule has 2 aliphatic heterocycles. The van der Waals surface area contributed by atoms with Crippen LogP contribution in [0.15, 0.2) is 70.5 Å². The first-order valence-corrected chi connectivity index (χ1v) is 17.0. The van der Waals surface area contributed by atoms with Crippen LogP contribution in [0.3, 0.4) is 0 Å². The van der Waals surface area contributed by atoms with E-state index in [1.807, 2.05) is 27.7 Å². The number of benzene rings is 4. The van der Waals surface area contributed by atoms with E-state index in [1.165, 1.54) is 49.5 Å². The molecule has 2 aliphatic rings. The maximum absolute atomic E-state index is 13.7. The number of rotatable bonds is 4. The molecule has 0 spiro atoms. The molecule has 2 N–H and O–H groups in total. The first-order valence-electron chi connectivity index (χ1n) is 14.1. The lowest BCUT2D eigenvalue weighted by Gasteiger charge is -2.31. The molecular weight excluding hydrogens is 636 g/mol. The number of hydrogen-bond acceptors (Lipinski definition) is 8. The lowest BCUT2D eigenvalue weighted by Crippen LogP contribution is -2.42. The summed E-state index contributed by atoms with van der Waals surface area (Å²) < 4.78 is 69.0. The Kier molecular flexibility index (Phi) is 9.06. The van der Waals surface area contributed by atoms with Crippen LogP contribution in [0.25, 0.3) is 21.9 Å². The zero-order valence-corrected chi connectivity index (χ0v) is 27.3. The number of amides is 4. The molecule has 0 fully saturated rings. The van der Waals surface area contributed by atoms with Crippen LogP contribution in [-0.4, -0.2) is 61.5 Å². The van der Waals surface area contributed by atoms with Gasteiger partial charge in [-0.2, -0.15) is 16.8 Å². The zero-order valence-electron chi connectivity index (χ0n) is 25.6. The van der Waals surface area contributed by atoms with Crippen LogP contribution in [0.5, 0.6) is 0 Å². The molecule has 4 aromatic rings. The van der Waals surface area contributed by atoms with Crippen molar-refractivity contribution in [3.8, 4) is 11.1 Å². The van der Waals surface area contributed by atoms with Crippen molar-refractivity contribution in [2.75, 3.05) is 11.9 Å². The van der Waals surface area contributed by atoms with Gasteiger partial charge in [0, 0.05) is 51.2 Å². The van der Waals surface area contributed by atoms with Crippen LogP contribution >= 0.6 is 0 Å². The number of carbonyl (C=O) groups excluding carboxylic acids is 4. The Bertz CT molecular complexity index is 2140. The van der Waals surface area contributed by atoms with Gasteiger partial charge >= 0.3 is 0 Å². The standard InChI is InChI=1S/C28H18N2O10S2.2C2H6/c1-13-3-5-15(21(11-13)41(35,36)37)16-6-4-14(12-22(16)42(38,39)40)30-27(33)19-9-7-17-23-18(26(32)29(2)25(17)31)8-10-20(24(19)23)28(30)34;2*1-2/h3-12H,1-2H3,(H,35,36,37)(H,38,39,40);2*1-2H3. The third-order valence-corrected chi connectivity index (χ3v) is 9.09. The van der Waals surface area contributed by atoms with Crippen LogP contribution in [0.4, 0.5) is 5.69 Å². The normalized spacial score (nSPS) is 14.1. The third-order valence-electron chi connectivity index (χ3n) is 7.30. The molecule has 0 atom stereocenters. The van der Waals surface area contributed by atoms with E-state index in [9.17, 15) is 45.1 Å². The van der Waals surface area contributed by atoms with Gasteiger partial charge in [0.15, 0.2) is 0 Å². The van der Waals surface area contributed by atoms with Gasteiger partial charge in [0.1, 0.15) is 9.79 Å². The van der Waals surface area contributed by atoms with Gasteiger partial charge in [-0.1, -0.05) is 45.9 Å². The first-order chi connectivity index (χ1) is 21.6. The van der Waals surface area contributed by atoms with Crippen molar-refractivity contribution in [1.29, 1.82) is 0 Å². The van der Waals surface area contributed by atoms with E-state index < -0.39 is 53.7 Å². The molecule has 4 amide bonds. The molecule has 6 rings (SSSR count). The Morgan fingerprint density at radius 1 is 0.522 bits per heavy atom. The Hall–Kier alpha value is -4.76. The highest BCUT2D eigenvalue weighted by atomic mass is 32.2. The average Bonchev–Trinajstić information content (AvgIpc) is 3.02. The zero-order chi connectivity index (χ0) is 34.5. The second kappa shape index (κ2) is 12.2. The smallest absolute Gasteiger partial charge is 0.282 e. The topological polar surface area (TPSA) is 183 Å². The van der Waals surface area contributed by atoms with Crippen molar-refractivity contribution >= 4 is 60.3 Å². The molecule has 0 aliphatic carbocycles. The molecule has 14 heteroatoms. The summed E-state index contributed by atoms with van der Waals surface area (Å²) >= 11 is 0. The highest BCUT2D eigenvalue weighted by Gasteiger charge is 2.39. The summed E-state index contributed by atoms with van der Waals surface area (Å²) in [4.78, 5) is 53.1. The van der Waals surface area contributed by atoms with E-state index in [0.29, 0.717) is 10.5 Å². The van der Waals surface area contributed by atoms with Crippen LogP contribution in [-0.2, 0) is 20.2 Å². The van der Waals surface area contributed by atoms with Crippen molar-refractivity contribution in [3.05, 3.63) is 88.5 Å². The van der Waals surface area contributed by atoms with Crippen molar-refractivity contribution in [2.24, 2.45) is 0 Å². The summed E-state index contributed by atoms with van der Waals surface area (Å²) in [5, 5.41) is 0.264. The third kappa shape index (κ3) is 5.38. The predicted molar refractivity (Wildman–Crippen MR) is 170 cm³/mol. The van der Waals surface area contributed by atoms with Gasteiger partial charge in [-0.15, -0.1) is 0 Å². The quantitative estimate of drug-likeness (QED) is 0.212. The molecule has 0 bridgehead atoms. The van der Waals surface area contributed by atoms with E-state index in [-0.39, 0.29) is 49.8 Å². The first kappa shape index (κ1) is 34.1. The van der Waals surface area contributed by atoms with Crippen LogP contribution in [0.2, 0.25) is 0 Å². The van der Waals surface area contributed by atoms with E-state index in [1.54, 1.807) is 6.92 Å². The fourth-order valence-corrected chi connectivity index (χ4v) is 6.90. The van der Waals surface area contributed by atoms with Crippen molar-refractivity contribution < 1.29 is 45.1 Å². The number of imide groups is 2. The van der Waals surface area contributed by atoms with Gasteiger partial charge in [-0.25, -0.2) is 4.90 Å². The molecular formula is C32H30N2O10S2. The number of hydrogen-bond donors (Lipinski definition) is 2. The fraction of sp³-hybridized carbons (Fsp3) is 0.188. The van der Waals surface area contributed by atoms with Crippen LogP contribution in [0.1, 0.15) is 74.7 Å². The van der Waals surface area contributed by atoms with Gasteiger partial charge in [0.2, 0.25) is 0 Å². The minimum absolute atomic E-state index is 0.0278. The monoisotopic (exact) mass is 666 g/mol. The minimum atomic E-state index is -5.08. The Labute approximate surface area is 265 Å². The maximum atomic E-state index is 13.7. The molecule has 12 nitrogen and oxygen atoms in total. The predicted octanol–water partition coefficient (Wildman–Crippen LogP) is 5.39. The van der Waals surface area contributed by atoms with E-state index >= 15 is 0 Å². The molecule has 0 saturated heterocycles. The van der Waals surface area contributed by atoms with Crippen molar-refractivity contribution in [1.82, 2.24) is 4.90 Å². The Morgan fingerprint density at radius 3 is 1.28 bits per heavy atom. The van der Waals surface area contributed by atoms with Gasteiger partial charge in [-0.05, 0) is 55.0 Å². The lowest BCUT2D eigenvalue weighted by atomic mass is 9.86. The molecule has 2 heterocycles. The van der Waals surface area contributed by atoms with Crippen molar-refractivity contribution in [2.45, 2.75) is 44.4 Å². The number of aryl methyl sites for hydroxylation is 1. The maximum Gasteiger partial charge on any atom is 0.295 e. The fourth-order valence-electron chi connectivity index (χ4n) is 5.38. The van der Waals surface area contributed by atoms with E-state index in [4.69, 9.17) is 0 Å². The average molecular weight is 667 g/mol. The molecule has 240 valence electrons. The van der Waals surface area contributed by atoms with Gasteiger partial charge < -0.3 is 0 Å². The molecule has 0 saturated carbocycles. The van der Waals surface area contributed by atoms with Crippen LogP contribution < -0.4 is 4.90 Å². The summed E-state index contributed by atoms with van der Waals surface area (Å²) in [5.74, 6) is -2.99. The molecule has 0 aromatic heterocycles. The highest BCUT2D eigenvalue weighted by Crippen LogP contribution is 2.41. The Balaban J connectivity index is 0.00000116. The summed E-state index contributed by atoms with van der Waals surface area (Å²) in [6.45, 7) is 9.55. The van der Waals surface area contributed by atoms with E-state index in [0.717, 1.165) is 23.1 Å². The summed E-state index contributed by atoms with van der Waals surface area (Å²) in [7, 11) is -8.60. The summed E-state index contributed by atoms with van der Waals surface area (Å²) in [5.41, 5.74) is -0.184. The van der Waals surface area contributed by atoms with E-state index in [2.05, 4.69) is 0 Å². The van der Waals surface area contributed by atoms with Crippen LogP contribution in [0, 0.1) is 6.92 Å². The summed E-state index contributed by atoms with van der Waals surface area (Å²) in [6, 6.07) is 12.3. The molecule has 4 aromatic carbocycles. The highest BCUT2D eigenvalue weighted by molar-refractivity contribution is 7.86. The van der Waals surface area contributed by atoms with Gasteiger partial charge in [0.25, 0.3) is 43.9 Å². The van der Waals surface area contributed by atoms with Crippen molar-refractivity contribution in [3.63, 3.8) is 0 Å². The Morgan fingerprint density at radius 2 is 0.870 bits per heavy atom. The number of carbonyl (C=O) groups is 4. The number of nitrogens with zero attached hydrogens (tertiary/aromatic N) is 2. The number of anilines is 1. The largest absolute Gasteiger partial charge is 0.295 e. The summed E-state index contributed by atoms with van der Waals surface area (Å²) in [6.07, 6.45) is 0. The second-order valence-corrected chi connectivity index (χ2v) is 12.6. The molecule has 0 radical (unpaired) electrons. The molecule has 46 heavy (non-hydrogen) atoms.